The van der Waals surface area contributed by atoms with Crippen LogP contribution in [0.3, 0.4) is 0 Å². The van der Waals surface area contributed by atoms with E-state index in [9.17, 15) is 0 Å². The lowest BCUT2D eigenvalue weighted by Crippen LogP contribution is -2.01. The minimum atomic E-state index is -0.0882. The van der Waals surface area contributed by atoms with Gasteiger partial charge < -0.3 is 13.7 Å². The molecule has 514 valence electrons. The highest BCUT2D eigenvalue weighted by atomic mass is 32.1. The summed E-state index contributed by atoms with van der Waals surface area (Å²) in [6.45, 7) is 0. The van der Waals surface area contributed by atoms with Crippen molar-refractivity contribution in [2.75, 3.05) is 0 Å². The third kappa shape index (κ3) is 11.0. The van der Waals surface area contributed by atoms with Crippen molar-refractivity contribution in [3.8, 4) is 129 Å². The van der Waals surface area contributed by atoms with Crippen molar-refractivity contribution < 1.29 is 0 Å². The molecule has 7 nitrogen and oxygen atoms in total. The molecule has 110 heavy (non-hydrogen) atoms. The molecule has 0 atom stereocenters. The fourth-order valence-electron chi connectivity index (χ4n) is 16.6. The molecule has 21 aromatic rings. The number of benzene rings is 14. The van der Waals surface area contributed by atoms with E-state index in [0.29, 0.717) is 11.4 Å². The van der Waals surface area contributed by atoms with Gasteiger partial charge in [0.15, 0.2) is 0 Å². The minimum absolute atomic E-state index is 0.0882. The number of pyridine rings is 3. The van der Waals surface area contributed by atoms with Crippen molar-refractivity contribution in [3.63, 3.8) is 0 Å². The van der Waals surface area contributed by atoms with Gasteiger partial charge in [0.25, 0.3) is 0 Å². The maximum atomic E-state index is 15.7. The lowest BCUT2D eigenvalue weighted by atomic mass is 9.85. The van der Waals surface area contributed by atoms with Gasteiger partial charge in [0, 0.05) is 104 Å². The van der Waals surface area contributed by atoms with Gasteiger partial charge in [-0.05, 0) is 154 Å². The third-order valence-electron chi connectivity index (χ3n) is 21.7. The first-order valence-corrected chi connectivity index (χ1v) is 38.0. The van der Waals surface area contributed by atoms with Crippen molar-refractivity contribution in [2.24, 2.45) is 0 Å². The summed E-state index contributed by atoms with van der Waals surface area (Å²) < 4.78 is 7.88. The molecule has 21 rings (SSSR count). The lowest BCUT2D eigenvalue weighted by Gasteiger charge is -2.21. The molecule has 0 radical (unpaired) electrons. The summed E-state index contributed by atoms with van der Waals surface area (Å²) >= 11 is 1.30. The monoisotopic (exact) mass is 1420 g/mol. The van der Waals surface area contributed by atoms with Gasteiger partial charge in [-0.3, -0.25) is 4.79 Å². The fraction of sp³-hybridized carbons (Fsp3) is 0. The van der Waals surface area contributed by atoms with E-state index in [-0.39, 0.29) is 4.74 Å². The quantitative estimate of drug-likeness (QED) is 0.115. The molecule has 0 aliphatic heterocycles. The highest BCUT2D eigenvalue weighted by Gasteiger charge is 2.26. The first kappa shape index (κ1) is 64.0. The van der Waals surface area contributed by atoms with E-state index in [0.717, 1.165) is 161 Å². The molecule has 0 bridgehead atoms. The second kappa shape index (κ2) is 26.6. The maximum absolute atomic E-state index is 15.7. The number of hydrogen-bond acceptors (Lipinski definition) is 5. The first-order chi connectivity index (χ1) is 54.4. The Morgan fingerprint density at radius 3 is 0.791 bits per heavy atom. The predicted molar refractivity (Wildman–Crippen MR) is 459 cm³/mol. The van der Waals surface area contributed by atoms with Crippen molar-refractivity contribution in [1.29, 1.82) is 0 Å². The molecule has 0 saturated carbocycles. The Hall–Kier alpha value is -14.4. The van der Waals surface area contributed by atoms with Crippen molar-refractivity contribution in [3.05, 3.63) is 398 Å². The van der Waals surface area contributed by atoms with E-state index >= 15 is 4.79 Å². The van der Waals surface area contributed by atoms with Crippen LogP contribution in [0.5, 0.6) is 0 Å². The smallest absolute Gasteiger partial charge is 0.233 e. The van der Waals surface area contributed by atoms with E-state index in [4.69, 9.17) is 15.0 Å². The average molecular weight is 1420 g/mol. The maximum Gasteiger partial charge on any atom is 0.233 e. The lowest BCUT2D eigenvalue weighted by molar-refractivity contribution is 1.18. The molecular weight excluding hydrogens is 1360 g/mol. The number of aromatic nitrogens is 6. The van der Waals surface area contributed by atoms with Gasteiger partial charge >= 0.3 is 0 Å². The van der Waals surface area contributed by atoms with Crippen LogP contribution in [0.4, 0.5) is 0 Å². The molecule has 0 unspecified atom stereocenters. The van der Waals surface area contributed by atoms with Gasteiger partial charge in [0.1, 0.15) is 0 Å². The van der Waals surface area contributed by atoms with E-state index in [1.54, 1.807) is 0 Å². The summed E-state index contributed by atoms with van der Waals surface area (Å²) in [4.78, 5) is 32.3. The van der Waals surface area contributed by atoms with Crippen LogP contribution >= 0.6 is 11.3 Å². The second-order valence-corrected chi connectivity index (χ2v) is 29.1. The van der Waals surface area contributed by atoms with Crippen LogP contribution in [0.1, 0.15) is 0 Å². The molecule has 0 amide bonds. The average Bonchev–Trinajstić information content (AvgIpc) is 0.914. The highest BCUT2D eigenvalue weighted by molar-refractivity contribution is 7.17. The van der Waals surface area contributed by atoms with E-state index in [1.165, 1.54) is 43.7 Å². The summed E-state index contributed by atoms with van der Waals surface area (Å²) in [6, 6.07) is 138. The molecule has 0 aliphatic carbocycles. The standard InChI is InChI=1S/C102H64N6OS/c109-99-64-85(72-57-91(73-59-87(67-25-5-1-6-26-67)103-88(60-73)68-27-7-2-8-28-68)105-92(58-72)74-61-89(69-29-9-3-10-30-69)104-90(62-74)70-31-11-4-12-32-70)101-100(71-49-55-77(56-50-71)108-97-43-23-17-37-82(97)83-38-18-24-44-98(83)108)84(65-45-51-75(52-46-65)106-93-39-19-13-33-78(93)79-34-14-20-40-94(79)106)63-86(102(101)110-99)66-47-53-76(54-48-66)107-95-41-21-15-35-80(95)81-36-16-22-42-96(81)107/h1-64H. The summed E-state index contributed by atoms with van der Waals surface area (Å²) in [5.74, 6) is 0. The summed E-state index contributed by atoms with van der Waals surface area (Å²) in [5.41, 5.74) is 27.6. The van der Waals surface area contributed by atoms with Gasteiger partial charge in [-0.2, -0.15) is 0 Å². The number of fused-ring (bicyclic) bond motifs is 10. The summed E-state index contributed by atoms with van der Waals surface area (Å²) in [7, 11) is 0. The van der Waals surface area contributed by atoms with Gasteiger partial charge in [-0.1, -0.05) is 278 Å². The number of hydrogen-bond donors (Lipinski definition) is 0. The normalized spacial score (nSPS) is 11.7. The highest BCUT2D eigenvalue weighted by Crippen LogP contribution is 2.50. The molecular formula is C102H64N6OS. The predicted octanol–water partition coefficient (Wildman–Crippen LogP) is 26.4. The zero-order valence-corrected chi connectivity index (χ0v) is 60.3. The van der Waals surface area contributed by atoms with Crippen molar-refractivity contribution in [1.82, 2.24) is 28.7 Å². The van der Waals surface area contributed by atoms with Gasteiger partial charge in [0.2, 0.25) is 4.74 Å². The molecule has 7 heterocycles. The molecule has 0 fully saturated rings. The Labute approximate surface area is 638 Å². The van der Waals surface area contributed by atoms with Gasteiger partial charge in [-0.25, -0.2) is 15.0 Å². The van der Waals surface area contributed by atoms with Crippen LogP contribution in [0, 0.1) is 0 Å². The minimum Gasteiger partial charge on any atom is -0.309 e. The van der Waals surface area contributed by atoms with Crippen molar-refractivity contribution in [2.45, 2.75) is 0 Å². The molecule has 0 saturated heterocycles. The molecule has 8 heteroatoms. The Kier molecular flexibility index (Phi) is 15.4. The third-order valence-corrected chi connectivity index (χ3v) is 22.6. The van der Waals surface area contributed by atoms with Crippen LogP contribution in [-0.4, -0.2) is 28.7 Å². The largest absolute Gasteiger partial charge is 0.309 e. The van der Waals surface area contributed by atoms with Crippen LogP contribution in [0.25, 0.3) is 205 Å². The van der Waals surface area contributed by atoms with Crippen LogP contribution in [0.2, 0.25) is 0 Å². The van der Waals surface area contributed by atoms with Crippen molar-refractivity contribution >= 4 is 86.8 Å². The Bertz CT molecular complexity index is 6830. The van der Waals surface area contributed by atoms with Crippen LogP contribution in [0.15, 0.2) is 393 Å². The van der Waals surface area contributed by atoms with E-state index in [1.807, 2.05) is 30.3 Å². The first-order valence-electron chi connectivity index (χ1n) is 37.2. The van der Waals surface area contributed by atoms with E-state index < -0.39 is 0 Å². The van der Waals surface area contributed by atoms with Gasteiger partial charge in [0.05, 0.1) is 67.3 Å². The van der Waals surface area contributed by atoms with E-state index in [2.05, 4.69) is 372 Å². The topological polar surface area (TPSA) is 70.5 Å². The summed E-state index contributed by atoms with van der Waals surface area (Å²) in [5, 5.41) is 8.10. The molecule has 0 N–H and O–H groups in total. The number of rotatable bonds is 13. The molecule has 0 aliphatic rings. The molecule has 7 aromatic heterocycles. The van der Waals surface area contributed by atoms with Crippen LogP contribution in [-0.2, 0) is 0 Å². The van der Waals surface area contributed by atoms with Crippen LogP contribution < -0.4 is 4.74 Å². The molecule has 14 aromatic carbocycles. The summed E-state index contributed by atoms with van der Waals surface area (Å²) in [6.07, 6.45) is 0. The zero-order chi connectivity index (χ0) is 72.8. The Balaban J connectivity index is 0.866. The number of para-hydroxylation sites is 6. The Morgan fingerprint density at radius 2 is 0.473 bits per heavy atom. The molecule has 0 spiro atoms. The SMILES string of the molecule is O=c1cc(-c2cc(-c3cc(-c4ccccc4)nc(-c4ccccc4)c3)nc(-c3cc(-c4ccccc4)nc(-c4ccccc4)c3)c2)c2c(-c3ccc(-n4c5ccccc5c5ccccc54)cc3)c(-c3ccc(-n4c5ccccc5c5ccccc54)cc3)cc(-c3ccc(-n4c5ccccc5c5ccccc54)cc3)c2s1. The number of nitrogens with zero attached hydrogens (tertiary/aromatic N) is 6. The van der Waals surface area contributed by atoms with Gasteiger partial charge in [-0.15, -0.1) is 0 Å². The zero-order valence-electron chi connectivity index (χ0n) is 59.5. The Morgan fingerprint density at radius 1 is 0.209 bits per heavy atom. The second-order valence-electron chi connectivity index (χ2n) is 28.1. The fourth-order valence-corrected chi connectivity index (χ4v) is 17.6.